The Kier molecular flexibility index (Phi) is 5.92. The highest BCUT2D eigenvalue weighted by atomic mass is 16.5. The second-order valence-corrected chi connectivity index (χ2v) is 5.29. The predicted molar refractivity (Wildman–Crippen MR) is 66.6 cm³/mol. The van der Waals surface area contributed by atoms with E-state index in [0.717, 1.165) is 26.1 Å². The van der Waals surface area contributed by atoms with Gasteiger partial charge in [-0.05, 0) is 24.7 Å². The van der Waals surface area contributed by atoms with Crippen LogP contribution < -0.4 is 5.32 Å². The van der Waals surface area contributed by atoms with E-state index in [4.69, 9.17) is 4.74 Å². The molecule has 0 aromatic heterocycles. The number of amides is 1. The molecule has 0 spiro atoms. The van der Waals surface area contributed by atoms with Crippen LogP contribution in [0.3, 0.4) is 0 Å². The summed E-state index contributed by atoms with van der Waals surface area (Å²) in [5.74, 6) is 0.656. The number of hydrogen-bond acceptors (Lipinski definition) is 3. The van der Waals surface area contributed by atoms with E-state index in [0.29, 0.717) is 12.5 Å². The molecule has 1 saturated heterocycles. The van der Waals surface area contributed by atoms with E-state index in [9.17, 15) is 9.90 Å². The van der Waals surface area contributed by atoms with Crippen molar-refractivity contribution in [2.24, 2.45) is 17.8 Å². The second kappa shape index (κ2) is 6.97. The van der Waals surface area contributed by atoms with Crippen LogP contribution in [0.5, 0.6) is 0 Å². The summed E-state index contributed by atoms with van der Waals surface area (Å²) >= 11 is 0. The highest BCUT2D eigenvalue weighted by molar-refractivity contribution is 5.78. The van der Waals surface area contributed by atoms with Gasteiger partial charge in [-0.15, -0.1) is 0 Å². The van der Waals surface area contributed by atoms with Crippen LogP contribution in [0.2, 0.25) is 0 Å². The van der Waals surface area contributed by atoms with E-state index in [1.54, 1.807) is 0 Å². The smallest absolute Gasteiger partial charge is 0.223 e. The molecule has 0 aromatic carbocycles. The van der Waals surface area contributed by atoms with Gasteiger partial charge in [0.25, 0.3) is 0 Å². The number of carbonyl (C=O) groups excluding carboxylic acids is 1. The summed E-state index contributed by atoms with van der Waals surface area (Å²) in [6.45, 7) is 7.72. The molecule has 4 heteroatoms. The molecule has 0 aliphatic carbocycles. The van der Waals surface area contributed by atoms with Crippen molar-refractivity contribution in [3.8, 4) is 0 Å². The third kappa shape index (κ3) is 4.64. The molecule has 0 bridgehead atoms. The van der Waals surface area contributed by atoms with Gasteiger partial charge in [0, 0.05) is 25.7 Å². The molecular weight excluding hydrogens is 218 g/mol. The third-order valence-electron chi connectivity index (χ3n) is 3.64. The van der Waals surface area contributed by atoms with Crippen molar-refractivity contribution in [1.29, 1.82) is 0 Å². The monoisotopic (exact) mass is 243 g/mol. The van der Waals surface area contributed by atoms with Crippen LogP contribution in [0, 0.1) is 17.8 Å². The Hall–Kier alpha value is -0.610. The Morgan fingerprint density at radius 3 is 2.47 bits per heavy atom. The summed E-state index contributed by atoms with van der Waals surface area (Å²) in [7, 11) is 0. The number of aliphatic hydroxyl groups is 1. The molecule has 2 N–H and O–H groups in total. The van der Waals surface area contributed by atoms with Crippen molar-refractivity contribution in [3.05, 3.63) is 0 Å². The molecule has 1 heterocycles. The minimum atomic E-state index is -0.458. The molecule has 0 radical (unpaired) electrons. The number of nitrogens with one attached hydrogen (secondary N) is 1. The first kappa shape index (κ1) is 14.5. The van der Waals surface area contributed by atoms with Gasteiger partial charge in [0.2, 0.25) is 5.91 Å². The molecule has 0 saturated carbocycles. The first-order valence-electron chi connectivity index (χ1n) is 6.56. The normalized spacial score (nSPS) is 21.2. The van der Waals surface area contributed by atoms with Crippen molar-refractivity contribution in [2.75, 3.05) is 19.8 Å². The van der Waals surface area contributed by atoms with Gasteiger partial charge in [0.05, 0.1) is 6.10 Å². The van der Waals surface area contributed by atoms with Crippen LogP contribution in [-0.2, 0) is 9.53 Å². The molecule has 1 amide bonds. The van der Waals surface area contributed by atoms with Crippen molar-refractivity contribution < 1.29 is 14.6 Å². The van der Waals surface area contributed by atoms with Crippen molar-refractivity contribution >= 4 is 5.91 Å². The number of carbonyl (C=O) groups is 1. The van der Waals surface area contributed by atoms with Crippen LogP contribution in [0.15, 0.2) is 0 Å². The Morgan fingerprint density at radius 2 is 1.94 bits per heavy atom. The number of hydrogen-bond donors (Lipinski definition) is 2. The summed E-state index contributed by atoms with van der Waals surface area (Å²) < 4.78 is 5.29. The van der Waals surface area contributed by atoms with E-state index >= 15 is 0 Å². The molecule has 0 aromatic rings. The topological polar surface area (TPSA) is 58.6 Å². The Bertz CT molecular complexity index is 237. The molecule has 100 valence electrons. The van der Waals surface area contributed by atoms with Crippen LogP contribution in [0.4, 0.5) is 0 Å². The lowest BCUT2D eigenvalue weighted by Crippen LogP contribution is -2.40. The number of rotatable bonds is 5. The zero-order chi connectivity index (χ0) is 12.8. The summed E-state index contributed by atoms with van der Waals surface area (Å²) in [6.07, 6.45) is 1.46. The third-order valence-corrected chi connectivity index (χ3v) is 3.64. The lowest BCUT2D eigenvalue weighted by molar-refractivity contribution is -0.127. The van der Waals surface area contributed by atoms with E-state index in [1.165, 1.54) is 0 Å². The van der Waals surface area contributed by atoms with Gasteiger partial charge in [-0.1, -0.05) is 20.8 Å². The fourth-order valence-electron chi connectivity index (χ4n) is 2.03. The zero-order valence-corrected chi connectivity index (χ0v) is 11.1. The van der Waals surface area contributed by atoms with E-state index in [1.807, 2.05) is 20.8 Å². The van der Waals surface area contributed by atoms with Gasteiger partial charge in [-0.25, -0.2) is 0 Å². The molecule has 1 aliphatic rings. The van der Waals surface area contributed by atoms with Gasteiger partial charge in [0.15, 0.2) is 0 Å². The first-order chi connectivity index (χ1) is 8.02. The molecule has 1 rings (SSSR count). The maximum absolute atomic E-state index is 11.9. The molecule has 2 unspecified atom stereocenters. The average Bonchev–Trinajstić information content (AvgIpc) is 2.35. The summed E-state index contributed by atoms with van der Waals surface area (Å²) in [5.41, 5.74) is 0. The minimum Gasteiger partial charge on any atom is -0.391 e. The van der Waals surface area contributed by atoms with Crippen molar-refractivity contribution in [1.82, 2.24) is 5.32 Å². The zero-order valence-electron chi connectivity index (χ0n) is 11.1. The maximum Gasteiger partial charge on any atom is 0.223 e. The molecule has 1 fully saturated rings. The Balaban J connectivity index is 2.30. The average molecular weight is 243 g/mol. The lowest BCUT2D eigenvalue weighted by atomic mass is 9.86. The summed E-state index contributed by atoms with van der Waals surface area (Å²) in [5, 5.41) is 12.5. The maximum atomic E-state index is 11.9. The molecule has 4 nitrogen and oxygen atoms in total. The first-order valence-corrected chi connectivity index (χ1v) is 6.56. The molecule has 1 aliphatic heterocycles. The molecule has 17 heavy (non-hydrogen) atoms. The molecule has 2 atom stereocenters. The minimum absolute atomic E-state index is 0.0123. The standard InChI is InChI=1S/C13H25NO3/c1-9(2)12(15)8-14-13(16)10(3)11-4-6-17-7-5-11/h9-12,15H,4-8H2,1-3H3,(H,14,16). The fraction of sp³-hybridized carbons (Fsp3) is 0.923. The SMILES string of the molecule is CC(C)C(O)CNC(=O)C(C)C1CCOCC1. The Morgan fingerprint density at radius 1 is 1.35 bits per heavy atom. The molecular formula is C13H25NO3. The van der Waals surface area contributed by atoms with Crippen molar-refractivity contribution in [3.63, 3.8) is 0 Å². The lowest BCUT2D eigenvalue weighted by Gasteiger charge is -2.27. The quantitative estimate of drug-likeness (QED) is 0.762. The van der Waals surface area contributed by atoms with Gasteiger partial charge in [-0.3, -0.25) is 4.79 Å². The number of aliphatic hydroxyl groups excluding tert-OH is 1. The van der Waals surface area contributed by atoms with Gasteiger partial charge < -0.3 is 15.2 Å². The largest absolute Gasteiger partial charge is 0.391 e. The van der Waals surface area contributed by atoms with Crippen molar-refractivity contribution in [2.45, 2.75) is 39.7 Å². The highest BCUT2D eigenvalue weighted by Gasteiger charge is 2.26. The predicted octanol–water partition coefficient (Wildman–Crippen LogP) is 1.18. The van der Waals surface area contributed by atoms with E-state index < -0.39 is 6.10 Å². The highest BCUT2D eigenvalue weighted by Crippen LogP contribution is 2.23. The van der Waals surface area contributed by atoms with Crippen LogP contribution in [-0.4, -0.2) is 36.9 Å². The van der Waals surface area contributed by atoms with Crippen LogP contribution in [0.1, 0.15) is 33.6 Å². The van der Waals surface area contributed by atoms with Gasteiger partial charge in [0.1, 0.15) is 0 Å². The van der Waals surface area contributed by atoms with Crippen LogP contribution >= 0.6 is 0 Å². The summed E-state index contributed by atoms with van der Waals surface area (Å²) in [4.78, 5) is 11.9. The van der Waals surface area contributed by atoms with Gasteiger partial charge >= 0.3 is 0 Å². The number of ether oxygens (including phenoxy) is 1. The van der Waals surface area contributed by atoms with Crippen LogP contribution in [0.25, 0.3) is 0 Å². The Labute approximate surface area is 104 Å². The van der Waals surface area contributed by atoms with Gasteiger partial charge in [-0.2, -0.15) is 0 Å². The fourth-order valence-corrected chi connectivity index (χ4v) is 2.03. The van der Waals surface area contributed by atoms with E-state index in [2.05, 4.69) is 5.32 Å². The van der Waals surface area contributed by atoms with E-state index in [-0.39, 0.29) is 17.7 Å². The summed E-state index contributed by atoms with van der Waals surface area (Å²) in [6, 6.07) is 0. The second-order valence-electron chi connectivity index (χ2n) is 5.29.